The number of nitrogens with one attached hydrogen (secondary N) is 1. The van der Waals surface area contributed by atoms with Crippen LogP contribution in [0.4, 0.5) is 0 Å². The van der Waals surface area contributed by atoms with E-state index in [1.807, 2.05) is 0 Å². The molecule has 1 aliphatic rings. The summed E-state index contributed by atoms with van der Waals surface area (Å²) in [5.74, 6) is 0. The highest BCUT2D eigenvalue weighted by atomic mass is 16.3. The predicted molar refractivity (Wildman–Crippen MR) is 80.4 cm³/mol. The van der Waals surface area contributed by atoms with Crippen LogP contribution in [0, 0.1) is 0 Å². The van der Waals surface area contributed by atoms with Crippen molar-refractivity contribution in [2.24, 2.45) is 0 Å². The van der Waals surface area contributed by atoms with E-state index in [1.54, 1.807) is 0 Å². The fourth-order valence-corrected chi connectivity index (χ4v) is 2.84. The maximum absolute atomic E-state index is 10.4. The fourth-order valence-electron chi connectivity index (χ4n) is 2.84. The van der Waals surface area contributed by atoms with Crippen LogP contribution in [0.15, 0.2) is 18.2 Å². The van der Waals surface area contributed by atoms with Gasteiger partial charge in [0, 0.05) is 6.04 Å². The molecule has 2 nitrogen and oxygen atoms in total. The lowest BCUT2D eigenvalue weighted by atomic mass is 9.89. The first kappa shape index (κ1) is 14.5. The van der Waals surface area contributed by atoms with Crippen molar-refractivity contribution in [1.29, 1.82) is 0 Å². The zero-order valence-corrected chi connectivity index (χ0v) is 12.3. The van der Waals surface area contributed by atoms with Gasteiger partial charge in [-0.25, -0.2) is 0 Å². The van der Waals surface area contributed by atoms with Crippen molar-refractivity contribution in [2.45, 2.75) is 64.5 Å². The Hall–Kier alpha value is -0.860. The highest BCUT2D eigenvalue weighted by Gasteiger charge is 2.18. The van der Waals surface area contributed by atoms with Gasteiger partial charge in [-0.1, -0.05) is 31.5 Å². The van der Waals surface area contributed by atoms with Gasteiger partial charge in [-0.05, 0) is 62.3 Å². The Balaban J connectivity index is 2.00. The number of hydrogen-bond donors (Lipinski definition) is 2. The highest BCUT2D eigenvalue weighted by Crippen LogP contribution is 2.26. The summed E-state index contributed by atoms with van der Waals surface area (Å²) < 4.78 is 0. The minimum atomic E-state index is -0.399. The van der Waals surface area contributed by atoms with E-state index in [0.717, 1.165) is 12.1 Å². The Morgan fingerprint density at radius 1 is 1.21 bits per heavy atom. The summed E-state index contributed by atoms with van der Waals surface area (Å²) in [4.78, 5) is 0. The van der Waals surface area contributed by atoms with E-state index < -0.39 is 6.10 Å². The molecule has 0 bridgehead atoms. The van der Waals surface area contributed by atoms with Crippen LogP contribution >= 0.6 is 0 Å². The van der Waals surface area contributed by atoms with Crippen LogP contribution < -0.4 is 5.32 Å². The van der Waals surface area contributed by atoms with E-state index >= 15 is 0 Å². The number of benzene rings is 1. The van der Waals surface area contributed by atoms with Crippen LogP contribution in [0.3, 0.4) is 0 Å². The largest absolute Gasteiger partial charge is 0.387 e. The number of aliphatic hydroxyl groups is 1. The molecule has 2 heteroatoms. The SMILES string of the molecule is CCCCNC(C)C(O)c1ccc2c(c1)CCCC2. The minimum Gasteiger partial charge on any atom is -0.387 e. The van der Waals surface area contributed by atoms with Crippen LogP contribution in [0.2, 0.25) is 0 Å². The number of aryl methyl sites for hydroxylation is 2. The van der Waals surface area contributed by atoms with Crippen molar-refractivity contribution in [3.63, 3.8) is 0 Å². The monoisotopic (exact) mass is 261 g/mol. The van der Waals surface area contributed by atoms with E-state index in [1.165, 1.54) is 49.7 Å². The first-order valence-electron chi connectivity index (χ1n) is 7.75. The van der Waals surface area contributed by atoms with Crippen LogP contribution in [0.5, 0.6) is 0 Å². The molecule has 2 rings (SSSR count). The lowest BCUT2D eigenvalue weighted by molar-refractivity contribution is 0.136. The van der Waals surface area contributed by atoms with Crippen molar-refractivity contribution in [2.75, 3.05) is 6.54 Å². The molecule has 1 aliphatic carbocycles. The van der Waals surface area contributed by atoms with Crippen LogP contribution in [-0.4, -0.2) is 17.7 Å². The second-order valence-electron chi connectivity index (χ2n) is 5.78. The Morgan fingerprint density at radius 3 is 2.68 bits per heavy atom. The van der Waals surface area contributed by atoms with Gasteiger partial charge in [0.15, 0.2) is 0 Å². The van der Waals surface area contributed by atoms with Crippen LogP contribution in [0.25, 0.3) is 0 Å². The van der Waals surface area contributed by atoms with Gasteiger partial charge in [-0.3, -0.25) is 0 Å². The molecule has 0 radical (unpaired) electrons. The zero-order valence-electron chi connectivity index (χ0n) is 12.3. The van der Waals surface area contributed by atoms with Crippen molar-refractivity contribution in [3.8, 4) is 0 Å². The van der Waals surface area contributed by atoms with E-state index in [9.17, 15) is 5.11 Å². The third kappa shape index (κ3) is 3.80. The Morgan fingerprint density at radius 2 is 1.95 bits per heavy atom. The quantitative estimate of drug-likeness (QED) is 0.769. The summed E-state index contributed by atoms with van der Waals surface area (Å²) in [6.45, 7) is 5.24. The maximum Gasteiger partial charge on any atom is 0.0940 e. The summed E-state index contributed by atoms with van der Waals surface area (Å²) in [6, 6.07) is 6.66. The second-order valence-corrected chi connectivity index (χ2v) is 5.78. The molecule has 2 atom stereocenters. The van der Waals surface area contributed by atoms with Gasteiger partial charge < -0.3 is 10.4 Å². The molecule has 1 aromatic carbocycles. The molecule has 1 aromatic rings. The summed E-state index contributed by atoms with van der Waals surface area (Å²) >= 11 is 0. The van der Waals surface area contributed by atoms with E-state index in [-0.39, 0.29) is 6.04 Å². The summed E-state index contributed by atoms with van der Waals surface area (Å²) in [6.07, 6.45) is 6.93. The van der Waals surface area contributed by atoms with Crippen LogP contribution in [-0.2, 0) is 12.8 Å². The smallest absolute Gasteiger partial charge is 0.0940 e. The van der Waals surface area contributed by atoms with Gasteiger partial charge in [-0.2, -0.15) is 0 Å². The minimum absolute atomic E-state index is 0.119. The Kier molecular flexibility index (Phi) is 5.41. The molecular formula is C17H27NO. The normalized spacial score (nSPS) is 17.8. The molecule has 2 unspecified atom stereocenters. The number of hydrogen-bond acceptors (Lipinski definition) is 2. The number of rotatable bonds is 6. The van der Waals surface area contributed by atoms with Gasteiger partial charge >= 0.3 is 0 Å². The predicted octanol–water partition coefficient (Wildman–Crippen LogP) is 3.38. The third-order valence-electron chi connectivity index (χ3n) is 4.18. The molecule has 106 valence electrons. The lowest BCUT2D eigenvalue weighted by Crippen LogP contribution is -2.33. The molecule has 0 aliphatic heterocycles. The van der Waals surface area contributed by atoms with Gasteiger partial charge in [0.2, 0.25) is 0 Å². The number of fused-ring (bicyclic) bond motifs is 1. The molecule has 19 heavy (non-hydrogen) atoms. The number of aliphatic hydroxyl groups excluding tert-OH is 1. The molecule has 0 heterocycles. The summed E-state index contributed by atoms with van der Waals surface area (Å²) in [5, 5.41) is 13.8. The van der Waals surface area contributed by atoms with Crippen molar-refractivity contribution in [3.05, 3.63) is 34.9 Å². The molecule has 0 aromatic heterocycles. The first-order chi connectivity index (χ1) is 9.22. The average molecular weight is 261 g/mol. The van der Waals surface area contributed by atoms with Gasteiger partial charge in [-0.15, -0.1) is 0 Å². The molecule has 0 saturated heterocycles. The Labute approximate surface area is 117 Å². The molecule has 0 saturated carbocycles. The molecule has 0 spiro atoms. The summed E-state index contributed by atoms with van der Waals surface area (Å²) in [7, 11) is 0. The van der Waals surface area contributed by atoms with Crippen LogP contribution in [0.1, 0.15) is 62.3 Å². The standard InChI is InChI=1S/C17H27NO/c1-3-4-11-18-13(2)17(19)16-10-9-14-7-5-6-8-15(14)12-16/h9-10,12-13,17-19H,3-8,11H2,1-2H3. The van der Waals surface area contributed by atoms with Gasteiger partial charge in [0.25, 0.3) is 0 Å². The second kappa shape index (κ2) is 7.06. The van der Waals surface area contributed by atoms with Gasteiger partial charge in [0.05, 0.1) is 6.10 Å². The summed E-state index contributed by atoms with van der Waals surface area (Å²) in [5.41, 5.74) is 3.99. The average Bonchev–Trinajstić information content (AvgIpc) is 2.46. The molecule has 0 amide bonds. The van der Waals surface area contributed by atoms with E-state index in [0.29, 0.717) is 0 Å². The zero-order chi connectivity index (χ0) is 13.7. The maximum atomic E-state index is 10.4. The van der Waals surface area contributed by atoms with E-state index in [4.69, 9.17) is 0 Å². The molecule has 0 fully saturated rings. The number of unbranched alkanes of at least 4 members (excludes halogenated alkanes) is 1. The van der Waals surface area contributed by atoms with E-state index in [2.05, 4.69) is 37.4 Å². The first-order valence-corrected chi connectivity index (χ1v) is 7.75. The highest BCUT2D eigenvalue weighted by molar-refractivity contribution is 5.35. The molecule has 2 N–H and O–H groups in total. The lowest BCUT2D eigenvalue weighted by Gasteiger charge is -2.23. The van der Waals surface area contributed by atoms with Crippen molar-refractivity contribution >= 4 is 0 Å². The topological polar surface area (TPSA) is 32.3 Å². The Bertz CT molecular complexity index is 402. The molecular weight excluding hydrogens is 234 g/mol. The van der Waals surface area contributed by atoms with Gasteiger partial charge in [0.1, 0.15) is 0 Å². The van der Waals surface area contributed by atoms with Crippen molar-refractivity contribution < 1.29 is 5.11 Å². The fraction of sp³-hybridized carbons (Fsp3) is 0.647. The third-order valence-corrected chi connectivity index (χ3v) is 4.18. The van der Waals surface area contributed by atoms with Crippen molar-refractivity contribution in [1.82, 2.24) is 5.32 Å².